The first-order valence-corrected chi connectivity index (χ1v) is 22.6. The molecule has 306 valence electrons. The highest BCUT2D eigenvalue weighted by atomic mass is 15.1. The number of nitrogens with zero attached hydrogens (tertiary/aromatic N) is 1. The van der Waals surface area contributed by atoms with Gasteiger partial charge in [-0.15, -0.1) is 0 Å². The molecule has 1 nitrogen and oxygen atoms in total. The van der Waals surface area contributed by atoms with Crippen LogP contribution in [0.5, 0.6) is 0 Å². The van der Waals surface area contributed by atoms with Gasteiger partial charge in [0.1, 0.15) is 0 Å². The summed E-state index contributed by atoms with van der Waals surface area (Å²) in [6, 6.07) is 93.6. The van der Waals surface area contributed by atoms with Crippen molar-refractivity contribution in [3.8, 4) is 55.6 Å². The summed E-state index contributed by atoms with van der Waals surface area (Å²) >= 11 is 0. The number of fused-ring (bicyclic) bond motifs is 6. The molecule has 0 amide bonds. The van der Waals surface area contributed by atoms with Crippen molar-refractivity contribution in [1.82, 2.24) is 0 Å². The van der Waals surface area contributed by atoms with Crippen LogP contribution in [0, 0.1) is 0 Å². The second kappa shape index (κ2) is 15.8. The van der Waals surface area contributed by atoms with Gasteiger partial charge in [-0.05, 0) is 132 Å². The highest BCUT2D eigenvalue weighted by Crippen LogP contribution is 2.54. The van der Waals surface area contributed by atoms with Gasteiger partial charge in [-0.2, -0.15) is 0 Å². The van der Waals surface area contributed by atoms with Crippen molar-refractivity contribution in [2.45, 2.75) is 12.3 Å². The minimum Gasteiger partial charge on any atom is -0.310 e. The van der Waals surface area contributed by atoms with Crippen LogP contribution in [0.25, 0.3) is 77.2 Å². The van der Waals surface area contributed by atoms with Crippen LogP contribution in [-0.4, -0.2) is 0 Å². The van der Waals surface area contributed by atoms with Crippen LogP contribution in [0.3, 0.4) is 0 Å². The first-order valence-electron chi connectivity index (χ1n) is 22.6. The van der Waals surface area contributed by atoms with E-state index in [1.165, 1.54) is 88.3 Å². The molecule has 0 radical (unpaired) electrons. The molecule has 1 unspecified atom stereocenters. The van der Waals surface area contributed by atoms with E-state index < -0.39 is 0 Å². The Morgan fingerprint density at radius 1 is 0.292 bits per heavy atom. The van der Waals surface area contributed by atoms with E-state index in [2.05, 4.69) is 267 Å². The third-order valence-electron chi connectivity index (χ3n) is 13.8. The Labute approximate surface area is 381 Å². The molecule has 0 fully saturated rings. The number of hydrogen-bond acceptors (Lipinski definition) is 1. The van der Waals surface area contributed by atoms with Crippen LogP contribution >= 0.6 is 0 Å². The van der Waals surface area contributed by atoms with Crippen molar-refractivity contribution >= 4 is 38.6 Å². The van der Waals surface area contributed by atoms with Gasteiger partial charge in [-0.3, -0.25) is 0 Å². The standard InChI is InChI=1S/C64H45N/c1-64(49-21-6-3-7-22-49)61-30-16-14-28-58(61)59-41-39-51(43-62(59)64)65(50-37-34-44(35-38-50)47-36-40-54-48(42-47)33-32-46-20-8-9-23-52(46)54)63-31-17-15-29-60(63)57-27-13-12-26-56(57)55-25-11-10-24-53(55)45-18-4-2-5-19-45/h2-43H,1H3. The minimum atomic E-state index is -0.340. The van der Waals surface area contributed by atoms with Gasteiger partial charge in [0.15, 0.2) is 0 Å². The van der Waals surface area contributed by atoms with Crippen LogP contribution < -0.4 is 4.90 Å². The molecule has 0 aliphatic heterocycles. The van der Waals surface area contributed by atoms with E-state index in [1.54, 1.807) is 0 Å². The van der Waals surface area contributed by atoms with Crippen molar-refractivity contribution in [2.24, 2.45) is 0 Å². The zero-order valence-electron chi connectivity index (χ0n) is 36.2. The van der Waals surface area contributed by atoms with Gasteiger partial charge >= 0.3 is 0 Å². The minimum absolute atomic E-state index is 0.340. The average molecular weight is 828 g/mol. The van der Waals surface area contributed by atoms with Crippen LogP contribution in [0.4, 0.5) is 17.1 Å². The number of rotatable bonds is 8. The van der Waals surface area contributed by atoms with Crippen molar-refractivity contribution in [2.75, 3.05) is 4.90 Å². The Kier molecular flexibility index (Phi) is 9.35. The second-order valence-corrected chi connectivity index (χ2v) is 17.3. The molecule has 12 rings (SSSR count). The first kappa shape index (κ1) is 38.4. The molecule has 0 saturated carbocycles. The SMILES string of the molecule is CC1(c2ccccc2)c2ccccc2-c2ccc(N(c3ccc(-c4ccc5c(ccc6ccccc65)c4)cc3)c3ccccc3-c3ccccc3-c3ccccc3-c3ccccc3)cc21. The summed E-state index contributed by atoms with van der Waals surface area (Å²) in [5.74, 6) is 0. The molecular weight excluding hydrogens is 783 g/mol. The Hall–Kier alpha value is -8.26. The summed E-state index contributed by atoms with van der Waals surface area (Å²) in [6.07, 6.45) is 0. The van der Waals surface area contributed by atoms with E-state index in [4.69, 9.17) is 0 Å². The Balaban J connectivity index is 1.04. The van der Waals surface area contributed by atoms with Gasteiger partial charge in [-0.1, -0.05) is 218 Å². The number of para-hydroxylation sites is 1. The molecule has 0 aromatic heterocycles. The third-order valence-corrected chi connectivity index (χ3v) is 13.8. The van der Waals surface area contributed by atoms with Crippen LogP contribution in [0.2, 0.25) is 0 Å². The fourth-order valence-corrected chi connectivity index (χ4v) is 10.6. The maximum Gasteiger partial charge on any atom is 0.0540 e. The molecule has 0 N–H and O–H groups in total. The van der Waals surface area contributed by atoms with Crippen LogP contribution in [0.15, 0.2) is 255 Å². The molecule has 1 aliphatic carbocycles. The highest BCUT2D eigenvalue weighted by molar-refractivity contribution is 6.08. The van der Waals surface area contributed by atoms with E-state index in [0.29, 0.717) is 0 Å². The van der Waals surface area contributed by atoms with Crippen molar-refractivity contribution in [1.29, 1.82) is 0 Å². The summed E-state index contributed by atoms with van der Waals surface area (Å²) in [5.41, 5.74) is 19.0. The second-order valence-electron chi connectivity index (χ2n) is 17.3. The molecule has 1 heteroatoms. The summed E-state index contributed by atoms with van der Waals surface area (Å²) in [7, 11) is 0. The largest absolute Gasteiger partial charge is 0.310 e. The lowest BCUT2D eigenvalue weighted by Crippen LogP contribution is -2.22. The van der Waals surface area contributed by atoms with Crippen LogP contribution in [-0.2, 0) is 5.41 Å². The van der Waals surface area contributed by atoms with Crippen LogP contribution in [0.1, 0.15) is 23.6 Å². The first-order chi connectivity index (χ1) is 32.1. The van der Waals surface area contributed by atoms with Gasteiger partial charge in [-0.25, -0.2) is 0 Å². The molecule has 0 spiro atoms. The normalized spacial score (nSPS) is 14.0. The van der Waals surface area contributed by atoms with E-state index in [-0.39, 0.29) is 5.41 Å². The molecule has 1 aliphatic rings. The number of benzene rings is 11. The molecular formula is C64H45N. The average Bonchev–Trinajstić information content (AvgIpc) is 3.65. The number of anilines is 3. The highest BCUT2D eigenvalue weighted by Gasteiger charge is 2.41. The molecule has 1 atom stereocenters. The van der Waals surface area contributed by atoms with E-state index in [0.717, 1.165) is 22.6 Å². The maximum absolute atomic E-state index is 2.47. The Morgan fingerprint density at radius 3 is 1.58 bits per heavy atom. The molecule has 11 aromatic rings. The topological polar surface area (TPSA) is 3.24 Å². The van der Waals surface area contributed by atoms with Crippen molar-refractivity contribution in [3.63, 3.8) is 0 Å². The summed E-state index contributed by atoms with van der Waals surface area (Å²) in [6.45, 7) is 2.40. The maximum atomic E-state index is 2.47. The van der Waals surface area contributed by atoms with E-state index >= 15 is 0 Å². The van der Waals surface area contributed by atoms with Gasteiger partial charge in [0, 0.05) is 22.4 Å². The fourth-order valence-electron chi connectivity index (χ4n) is 10.6. The lowest BCUT2D eigenvalue weighted by molar-refractivity contribution is 0.714. The summed E-state index contributed by atoms with van der Waals surface area (Å²) in [4.78, 5) is 2.47. The Bertz CT molecular complexity index is 3550. The van der Waals surface area contributed by atoms with E-state index in [1.807, 2.05) is 0 Å². The molecule has 0 saturated heterocycles. The number of hydrogen-bond donors (Lipinski definition) is 0. The van der Waals surface area contributed by atoms with Gasteiger partial charge < -0.3 is 4.90 Å². The third kappa shape index (κ3) is 6.47. The molecule has 0 heterocycles. The summed E-state index contributed by atoms with van der Waals surface area (Å²) in [5, 5.41) is 5.07. The molecule has 0 bridgehead atoms. The molecule has 65 heavy (non-hydrogen) atoms. The van der Waals surface area contributed by atoms with Crippen molar-refractivity contribution in [3.05, 3.63) is 271 Å². The van der Waals surface area contributed by atoms with Gasteiger partial charge in [0.25, 0.3) is 0 Å². The zero-order valence-corrected chi connectivity index (χ0v) is 36.2. The van der Waals surface area contributed by atoms with Crippen molar-refractivity contribution < 1.29 is 0 Å². The monoisotopic (exact) mass is 827 g/mol. The summed E-state index contributed by atoms with van der Waals surface area (Å²) < 4.78 is 0. The lowest BCUT2D eigenvalue weighted by atomic mass is 9.74. The predicted octanol–water partition coefficient (Wildman–Crippen LogP) is 17.5. The van der Waals surface area contributed by atoms with Gasteiger partial charge in [0.2, 0.25) is 0 Å². The zero-order chi connectivity index (χ0) is 43.3. The van der Waals surface area contributed by atoms with Gasteiger partial charge in [0.05, 0.1) is 5.69 Å². The molecule has 11 aromatic carbocycles. The smallest absolute Gasteiger partial charge is 0.0540 e. The Morgan fingerprint density at radius 2 is 0.815 bits per heavy atom. The van der Waals surface area contributed by atoms with E-state index in [9.17, 15) is 0 Å². The fraction of sp³-hybridized carbons (Fsp3) is 0.0312. The predicted molar refractivity (Wildman–Crippen MR) is 275 cm³/mol. The lowest BCUT2D eigenvalue weighted by Gasteiger charge is -2.32. The quantitative estimate of drug-likeness (QED) is 0.138.